The molecule has 0 atom stereocenters. The van der Waals surface area contributed by atoms with E-state index < -0.39 is 10.0 Å². The van der Waals surface area contributed by atoms with Gasteiger partial charge >= 0.3 is 0 Å². The van der Waals surface area contributed by atoms with Crippen molar-refractivity contribution in [2.24, 2.45) is 0 Å². The largest absolute Gasteiger partial charge is 0.243 e. The Balaban J connectivity index is 1.80. The van der Waals surface area contributed by atoms with E-state index in [9.17, 15) is 8.42 Å². The zero-order valence-electron chi connectivity index (χ0n) is 13.4. The summed E-state index contributed by atoms with van der Waals surface area (Å²) in [5, 5.41) is 0.606. The van der Waals surface area contributed by atoms with Gasteiger partial charge in [-0.3, -0.25) is 0 Å². The van der Waals surface area contributed by atoms with Gasteiger partial charge in [0.2, 0.25) is 10.0 Å². The molecule has 24 heavy (non-hydrogen) atoms. The molecule has 0 unspecified atom stereocenters. The van der Waals surface area contributed by atoms with E-state index in [1.807, 2.05) is 18.2 Å². The van der Waals surface area contributed by atoms with Gasteiger partial charge in [-0.15, -0.1) is 0 Å². The highest BCUT2D eigenvalue weighted by Crippen LogP contribution is 2.37. The summed E-state index contributed by atoms with van der Waals surface area (Å²) in [6.07, 6.45) is 1.58. The first kappa shape index (κ1) is 17.7. The van der Waals surface area contributed by atoms with Crippen LogP contribution in [0.3, 0.4) is 0 Å². The van der Waals surface area contributed by atoms with Crippen LogP contribution < -0.4 is 0 Å². The Bertz CT molecular complexity index is 829. The average Bonchev–Trinajstić information content (AvgIpc) is 2.58. The lowest BCUT2D eigenvalue weighted by atomic mass is 9.75. The van der Waals surface area contributed by atoms with E-state index in [1.54, 1.807) is 0 Å². The minimum absolute atomic E-state index is 0.00488. The van der Waals surface area contributed by atoms with Gasteiger partial charge in [0.1, 0.15) is 0 Å². The van der Waals surface area contributed by atoms with Crippen molar-refractivity contribution < 1.29 is 8.42 Å². The minimum Gasteiger partial charge on any atom is -0.207 e. The number of benzene rings is 2. The molecule has 0 aromatic heterocycles. The Morgan fingerprint density at radius 3 is 2.17 bits per heavy atom. The fourth-order valence-electron chi connectivity index (χ4n) is 3.14. The van der Waals surface area contributed by atoms with E-state index in [0.29, 0.717) is 18.1 Å². The van der Waals surface area contributed by atoms with Crippen molar-refractivity contribution in [3.05, 3.63) is 64.1 Å². The van der Waals surface area contributed by atoms with Crippen molar-refractivity contribution in [1.29, 1.82) is 0 Å². The molecule has 0 radical (unpaired) electrons. The third kappa shape index (κ3) is 3.33. The lowest BCUT2D eigenvalue weighted by Gasteiger charge is -2.39. The SMILES string of the molecule is CC1(c2ccccc2)CCN(S(=O)(=O)c2ccc(Cl)c(Cl)c2)CC1. The Kier molecular flexibility index (Phi) is 4.94. The fraction of sp³-hybridized carbons (Fsp3) is 0.333. The molecule has 0 bridgehead atoms. The molecule has 3 nitrogen and oxygen atoms in total. The molecule has 3 rings (SSSR count). The third-order valence-corrected chi connectivity index (χ3v) is 7.46. The van der Waals surface area contributed by atoms with Crippen molar-refractivity contribution >= 4 is 33.2 Å². The Morgan fingerprint density at radius 2 is 1.58 bits per heavy atom. The predicted octanol–water partition coefficient (Wildman–Crippen LogP) is 4.74. The smallest absolute Gasteiger partial charge is 0.207 e. The van der Waals surface area contributed by atoms with Gasteiger partial charge in [0.05, 0.1) is 14.9 Å². The maximum absolute atomic E-state index is 12.8. The maximum Gasteiger partial charge on any atom is 0.243 e. The second-order valence-electron chi connectivity index (χ2n) is 6.41. The molecule has 1 aliphatic rings. The second-order valence-corrected chi connectivity index (χ2v) is 9.16. The van der Waals surface area contributed by atoms with Crippen molar-refractivity contribution in [2.45, 2.75) is 30.1 Å². The predicted molar refractivity (Wildman–Crippen MR) is 98.2 cm³/mol. The molecular weight excluding hydrogens is 365 g/mol. The summed E-state index contributed by atoms with van der Waals surface area (Å²) < 4.78 is 27.2. The van der Waals surface area contributed by atoms with Gasteiger partial charge in [-0.25, -0.2) is 8.42 Å². The van der Waals surface area contributed by atoms with Crippen molar-refractivity contribution in [3.8, 4) is 0 Å². The quantitative estimate of drug-likeness (QED) is 0.767. The van der Waals surface area contributed by atoms with Crippen LogP contribution in [0.4, 0.5) is 0 Å². The number of hydrogen-bond donors (Lipinski definition) is 0. The van der Waals surface area contributed by atoms with Crippen LogP contribution in [0.25, 0.3) is 0 Å². The van der Waals surface area contributed by atoms with Gasteiger partial charge in [-0.05, 0) is 42.0 Å². The van der Waals surface area contributed by atoms with E-state index in [-0.39, 0.29) is 15.3 Å². The zero-order valence-corrected chi connectivity index (χ0v) is 15.7. The summed E-state index contributed by atoms with van der Waals surface area (Å²) in [6, 6.07) is 14.7. The molecule has 1 fully saturated rings. The first-order valence-electron chi connectivity index (χ1n) is 7.84. The van der Waals surface area contributed by atoms with Crippen molar-refractivity contribution in [2.75, 3.05) is 13.1 Å². The molecule has 2 aromatic rings. The van der Waals surface area contributed by atoms with Crippen LogP contribution in [0.5, 0.6) is 0 Å². The zero-order chi connectivity index (χ0) is 17.4. The summed E-state index contributed by atoms with van der Waals surface area (Å²) in [4.78, 5) is 0.195. The fourth-order valence-corrected chi connectivity index (χ4v) is 4.97. The highest BCUT2D eigenvalue weighted by Gasteiger charge is 2.36. The summed E-state index contributed by atoms with van der Waals surface area (Å²) >= 11 is 11.9. The average molecular weight is 384 g/mol. The number of nitrogens with zero attached hydrogens (tertiary/aromatic N) is 1. The van der Waals surface area contributed by atoms with Gasteiger partial charge < -0.3 is 0 Å². The summed E-state index contributed by atoms with van der Waals surface area (Å²) in [5.74, 6) is 0. The Labute approximate surface area is 153 Å². The maximum atomic E-state index is 12.8. The minimum atomic E-state index is -3.54. The summed E-state index contributed by atoms with van der Waals surface area (Å²) in [7, 11) is -3.54. The standard InChI is InChI=1S/C18H19Cl2NO2S/c1-18(14-5-3-2-4-6-14)9-11-21(12-10-18)24(22,23)15-7-8-16(19)17(20)13-15/h2-8,13H,9-12H2,1H3. The molecular formula is C18H19Cl2NO2S. The number of sulfonamides is 1. The number of rotatable bonds is 3. The van der Waals surface area contributed by atoms with Crippen LogP contribution in [0.1, 0.15) is 25.3 Å². The molecule has 0 saturated carbocycles. The molecule has 1 heterocycles. The lowest BCUT2D eigenvalue weighted by Crippen LogP contribution is -2.43. The molecule has 0 N–H and O–H groups in total. The van der Waals surface area contributed by atoms with E-state index >= 15 is 0 Å². The van der Waals surface area contributed by atoms with Crippen LogP contribution in [0.2, 0.25) is 10.0 Å². The van der Waals surface area contributed by atoms with Crippen LogP contribution >= 0.6 is 23.2 Å². The number of hydrogen-bond acceptors (Lipinski definition) is 2. The molecule has 1 saturated heterocycles. The highest BCUT2D eigenvalue weighted by atomic mass is 35.5. The van der Waals surface area contributed by atoms with E-state index in [4.69, 9.17) is 23.2 Å². The number of piperidine rings is 1. The summed E-state index contributed by atoms with van der Waals surface area (Å²) in [5.41, 5.74) is 1.27. The monoisotopic (exact) mass is 383 g/mol. The van der Waals surface area contributed by atoms with Crippen LogP contribution in [-0.4, -0.2) is 25.8 Å². The molecule has 6 heteroatoms. The topological polar surface area (TPSA) is 37.4 Å². The van der Waals surface area contributed by atoms with Crippen LogP contribution in [-0.2, 0) is 15.4 Å². The molecule has 0 amide bonds. The van der Waals surface area contributed by atoms with Crippen LogP contribution in [0, 0.1) is 0 Å². The van der Waals surface area contributed by atoms with Gasteiger partial charge in [-0.1, -0.05) is 60.5 Å². The molecule has 1 aliphatic heterocycles. The molecule has 128 valence electrons. The first-order chi connectivity index (χ1) is 11.3. The highest BCUT2D eigenvalue weighted by molar-refractivity contribution is 7.89. The van der Waals surface area contributed by atoms with Gasteiger partial charge in [0.15, 0.2) is 0 Å². The normalized spacial score (nSPS) is 18.5. The van der Waals surface area contributed by atoms with E-state index in [0.717, 1.165) is 12.8 Å². The first-order valence-corrected chi connectivity index (χ1v) is 10.0. The van der Waals surface area contributed by atoms with E-state index in [2.05, 4.69) is 19.1 Å². The van der Waals surface area contributed by atoms with E-state index in [1.165, 1.54) is 28.1 Å². The van der Waals surface area contributed by atoms with Gasteiger partial charge in [-0.2, -0.15) is 4.31 Å². The van der Waals surface area contributed by atoms with Crippen molar-refractivity contribution in [3.63, 3.8) is 0 Å². The number of halogens is 2. The van der Waals surface area contributed by atoms with Gasteiger partial charge in [0.25, 0.3) is 0 Å². The second kappa shape index (κ2) is 6.68. The van der Waals surface area contributed by atoms with Crippen LogP contribution in [0.15, 0.2) is 53.4 Å². The molecule has 2 aromatic carbocycles. The molecule has 0 spiro atoms. The lowest BCUT2D eigenvalue weighted by molar-refractivity contribution is 0.249. The summed E-state index contributed by atoms with van der Waals surface area (Å²) in [6.45, 7) is 3.19. The Hall–Kier alpha value is -1.07. The Morgan fingerprint density at radius 1 is 0.958 bits per heavy atom. The third-order valence-electron chi connectivity index (χ3n) is 4.83. The van der Waals surface area contributed by atoms with Crippen molar-refractivity contribution in [1.82, 2.24) is 4.31 Å². The van der Waals surface area contributed by atoms with Gasteiger partial charge in [0, 0.05) is 13.1 Å². The molecule has 0 aliphatic carbocycles.